The van der Waals surface area contributed by atoms with E-state index >= 15 is 0 Å². The van der Waals surface area contributed by atoms with E-state index in [0.29, 0.717) is 5.69 Å². The Morgan fingerprint density at radius 2 is 2.24 bits per heavy atom. The molecule has 0 unspecified atom stereocenters. The van der Waals surface area contributed by atoms with Gasteiger partial charge >= 0.3 is 5.97 Å². The van der Waals surface area contributed by atoms with E-state index in [1.807, 2.05) is 18.2 Å². The first-order valence-corrected chi connectivity index (χ1v) is 5.66. The molecule has 0 saturated heterocycles. The number of para-hydroxylation sites is 1. The lowest BCUT2D eigenvalue weighted by atomic mass is 9.79. The third-order valence-electron chi connectivity index (χ3n) is 3.64. The molecular weight excluding hydrogens is 218 g/mol. The number of hydrogen-bond acceptors (Lipinski definition) is 3. The Balaban J connectivity index is 2.12. The molecular formula is C13H13NO3. The molecule has 17 heavy (non-hydrogen) atoms. The summed E-state index contributed by atoms with van der Waals surface area (Å²) in [6.07, 6.45) is 4.83. The minimum absolute atomic E-state index is 0.0433. The fraction of sp³-hybridized carbons (Fsp3) is 0.308. The van der Waals surface area contributed by atoms with Crippen molar-refractivity contribution in [2.24, 2.45) is 5.92 Å². The van der Waals surface area contributed by atoms with Gasteiger partial charge in [0.1, 0.15) is 11.8 Å². The van der Waals surface area contributed by atoms with Gasteiger partial charge in [0.15, 0.2) is 0 Å². The molecule has 0 radical (unpaired) electrons. The van der Waals surface area contributed by atoms with Gasteiger partial charge in [-0.05, 0) is 18.1 Å². The van der Waals surface area contributed by atoms with Crippen LogP contribution in [0, 0.1) is 5.92 Å². The Hall–Kier alpha value is -1.97. The van der Waals surface area contributed by atoms with Crippen molar-refractivity contribution < 1.29 is 15.0 Å². The number of aliphatic carboxylic acids is 1. The number of phenols is 1. The zero-order valence-corrected chi connectivity index (χ0v) is 9.13. The normalized spacial score (nSPS) is 29.3. The smallest absolute Gasteiger partial charge is 0.326 e. The molecule has 1 aliphatic heterocycles. The molecule has 0 bridgehead atoms. The molecule has 1 aromatic rings. The third kappa shape index (κ3) is 1.40. The number of hydrogen-bond donors (Lipinski definition) is 3. The van der Waals surface area contributed by atoms with Crippen LogP contribution >= 0.6 is 0 Å². The summed E-state index contributed by atoms with van der Waals surface area (Å²) in [4.78, 5) is 11.2. The number of aromatic hydroxyl groups is 1. The van der Waals surface area contributed by atoms with Crippen LogP contribution in [0.25, 0.3) is 0 Å². The molecule has 3 atom stereocenters. The summed E-state index contributed by atoms with van der Waals surface area (Å²) in [5.74, 6) is -0.605. The van der Waals surface area contributed by atoms with E-state index in [4.69, 9.17) is 0 Å². The largest absolute Gasteiger partial charge is 0.506 e. The van der Waals surface area contributed by atoms with Gasteiger partial charge in [0, 0.05) is 11.8 Å². The van der Waals surface area contributed by atoms with Gasteiger partial charge in [-0.25, -0.2) is 4.79 Å². The van der Waals surface area contributed by atoms with Crippen molar-refractivity contribution in [2.45, 2.75) is 18.4 Å². The number of nitrogens with one attached hydrogen (secondary N) is 1. The molecule has 4 nitrogen and oxygen atoms in total. The zero-order chi connectivity index (χ0) is 12.0. The van der Waals surface area contributed by atoms with Gasteiger partial charge in [-0.1, -0.05) is 24.3 Å². The number of carboxylic acid groups (broad SMARTS) is 1. The van der Waals surface area contributed by atoms with Crippen LogP contribution in [0.4, 0.5) is 5.69 Å². The average Bonchev–Trinajstić information content (AvgIpc) is 2.77. The van der Waals surface area contributed by atoms with E-state index in [2.05, 4.69) is 5.32 Å². The molecule has 2 aliphatic rings. The fourth-order valence-electron chi connectivity index (χ4n) is 2.85. The van der Waals surface area contributed by atoms with E-state index < -0.39 is 12.0 Å². The minimum Gasteiger partial charge on any atom is -0.506 e. The summed E-state index contributed by atoms with van der Waals surface area (Å²) in [6, 6.07) is 4.67. The first-order valence-electron chi connectivity index (χ1n) is 5.66. The van der Waals surface area contributed by atoms with Gasteiger partial charge in [-0.2, -0.15) is 0 Å². The van der Waals surface area contributed by atoms with Crippen LogP contribution in [-0.4, -0.2) is 22.2 Å². The highest BCUT2D eigenvalue weighted by Gasteiger charge is 2.41. The first-order chi connectivity index (χ1) is 8.18. The highest BCUT2D eigenvalue weighted by atomic mass is 16.4. The number of carboxylic acids is 1. The maximum atomic E-state index is 11.2. The summed E-state index contributed by atoms with van der Waals surface area (Å²) in [5.41, 5.74) is 1.55. The highest BCUT2D eigenvalue weighted by molar-refractivity contribution is 5.82. The minimum atomic E-state index is -0.863. The number of fused-ring (bicyclic) bond motifs is 3. The van der Waals surface area contributed by atoms with Gasteiger partial charge in [0.2, 0.25) is 0 Å². The lowest BCUT2D eigenvalue weighted by Gasteiger charge is -2.34. The van der Waals surface area contributed by atoms with Crippen LogP contribution < -0.4 is 5.32 Å². The number of anilines is 1. The van der Waals surface area contributed by atoms with Crippen LogP contribution in [0.3, 0.4) is 0 Å². The molecule has 1 aromatic carbocycles. The van der Waals surface area contributed by atoms with Crippen molar-refractivity contribution in [1.29, 1.82) is 0 Å². The van der Waals surface area contributed by atoms with Gasteiger partial charge in [-0.3, -0.25) is 0 Å². The third-order valence-corrected chi connectivity index (χ3v) is 3.64. The van der Waals surface area contributed by atoms with E-state index in [1.165, 1.54) is 0 Å². The van der Waals surface area contributed by atoms with Crippen LogP contribution in [0.2, 0.25) is 0 Å². The standard InChI is InChI=1S/C13H13NO3/c15-10-6-2-5-8-7-3-1-4-9(7)12(13(16)17)14-11(8)10/h1-3,5-7,9,12,14-15H,4H2,(H,16,17)/t7-,9+,12+/m0/s1. The molecule has 88 valence electrons. The Labute approximate surface area is 98.6 Å². The lowest BCUT2D eigenvalue weighted by molar-refractivity contribution is -0.139. The second kappa shape index (κ2) is 3.52. The Morgan fingerprint density at radius 1 is 1.41 bits per heavy atom. The molecule has 1 heterocycles. The predicted octanol–water partition coefficient (Wildman–Crippen LogP) is 1.93. The van der Waals surface area contributed by atoms with Crippen molar-refractivity contribution >= 4 is 11.7 Å². The van der Waals surface area contributed by atoms with E-state index in [0.717, 1.165) is 12.0 Å². The summed E-state index contributed by atoms with van der Waals surface area (Å²) in [6.45, 7) is 0. The quantitative estimate of drug-likeness (QED) is 0.510. The van der Waals surface area contributed by atoms with Gasteiger partial charge < -0.3 is 15.5 Å². The Kier molecular flexibility index (Phi) is 2.11. The van der Waals surface area contributed by atoms with Crippen LogP contribution in [-0.2, 0) is 4.79 Å². The zero-order valence-electron chi connectivity index (χ0n) is 9.13. The van der Waals surface area contributed by atoms with Crippen molar-refractivity contribution in [2.75, 3.05) is 5.32 Å². The summed E-state index contributed by atoms with van der Waals surface area (Å²) in [5, 5.41) is 22.0. The first kappa shape index (κ1) is 10.2. The lowest BCUT2D eigenvalue weighted by Crippen LogP contribution is -2.41. The number of benzene rings is 1. The summed E-state index contributed by atoms with van der Waals surface area (Å²) < 4.78 is 0. The van der Waals surface area contributed by atoms with Crippen molar-refractivity contribution in [3.05, 3.63) is 35.9 Å². The second-order valence-corrected chi connectivity index (χ2v) is 4.56. The van der Waals surface area contributed by atoms with Crippen LogP contribution in [0.1, 0.15) is 17.9 Å². The van der Waals surface area contributed by atoms with E-state index in [1.54, 1.807) is 12.1 Å². The van der Waals surface area contributed by atoms with Crippen molar-refractivity contribution in [3.63, 3.8) is 0 Å². The van der Waals surface area contributed by atoms with Crippen LogP contribution in [0.15, 0.2) is 30.4 Å². The molecule has 0 saturated carbocycles. The fourth-order valence-corrected chi connectivity index (χ4v) is 2.85. The SMILES string of the molecule is O=C(O)[C@@H]1Nc2c(O)cccc2[C@@H]2C=CC[C@@H]12. The molecule has 3 rings (SSSR count). The molecule has 0 fully saturated rings. The number of phenolic OH excluding ortho intramolecular Hbond substituents is 1. The van der Waals surface area contributed by atoms with E-state index in [9.17, 15) is 15.0 Å². The maximum Gasteiger partial charge on any atom is 0.326 e. The number of carbonyl (C=O) groups is 1. The molecule has 4 heteroatoms. The number of allylic oxidation sites excluding steroid dienone is 2. The maximum absolute atomic E-state index is 11.2. The molecule has 3 N–H and O–H groups in total. The van der Waals surface area contributed by atoms with Gasteiger partial charge in [-0.15, -0.1) is 0 Å². The topological polar surface area (TPSA) is 69.6 Å². The predicted molar refractivity (Wildman–Crippen MR) is 63.1 cm³/mol. The van der Waals surface area contributed by atoms with E-state index in [-0.39, 0.29) is 17.6 Å². The molecule has 0 amide bonds. The molecule has 1 aliphatic carbocycles. The molecule has 0 spiro atoms. The second-order valence-electron chi connectivity index (χ2n) is 4.56. The summed E-state index contributed by atoms with van der Waals surface area (Å²) >= 11 is 0. The highest BCUT2D eigenvalue weighted by Crippen LogP contribution is 2.47. The van der Waals surface area contributed by atoms with Gasteiger partial charge in [0.05, 0.1) is 5.69 Å². The monoisotopic (exact) mass is 231 g/mol. The van der Waals surface area contributed by atoms with Crippen LogP contribution in [0.5, 0.6) is 5.75 Å². The van der Waals surface area contributed by atoms with Gasteiger partial charge in [0.25, 0.3) is 0 Å². The van der Waals surface area contributed by atoms with Crippen molar-refractivity contribution in [3.8, 4) is 5.75 Å². The average molecular weight is 231 g/mol. The summed E-state index contributed by atoms with van der Waals surface area (Å²) in [7, 11) is 0. The Morgan fingerprint density at radius 3 is 3.00 bits per heavy atom. The number of rotatable bonds is 1. The Bertz CT molecular complexity index is 509. The van der Waals surface area contributed by atoms with Crippen molar-refractivity contribution in [1.82, 2.24) is 0 Å². The molecule has 0 aromatic heterocycles.